The van der Waals surface area contributed by atoms with Gasteiger partial charge >= 0.3 is 5.97 Å². The van der Waals surface area contributed by atoms with Crippen molar-refractivity contribution >= 4 is 17.3 Å². The largest absolute Gasteiger partial charge is 0.477 e. The van der Waals surface area contributed by atoms with E-state index in [1.54, 1.807) is 11.4 Å². The van der Waals surface area contributed by atoms with E-state index in [-0.39, 0.29) is 5.82 Å². The predicted molar refractivity (Wildman–Crippen MR) is 72.8 cm³/mol. The molecule has 100 valence electrons. The lowest BCUT2D eigenvalue weighted by Crippen LogP contribution is -2.18. The fourth-order valence-electron chi connectivity index (χ4n) is 1.94. The Morgan fingerprint density at radius 1 is 1.37 bits per heavy atom. The van der Waals surface area contributed by atoms with Gasteiger partial charge in [0, 0.05) is 13.1 Å². The fraction of sp³-hybridized carbons (Fsp3) is 0.214. The van der Waals surface area contributed by atoms with Gasteiger partial charge in [-0.25, -0.2) is 9.18 Å². The van der Waals surface area contributed by atoms with Crippen LogP contribution in [0.1, 0.15) is 20.8 Å². The van der Waals surface area contributed by atoms with E-state index in [0.717, 1.165) is 11.1 Å². The summed E-state index contributed by atoms with van der Waals surface area (Å²) < 4.78 is 13.1. The van der Waals surface area contributed by atoms with E-state index in [9.17, 15) is 9.18 Å². The van der Waals surface area contributed by atoms with Crippen LogP contribution in [-0.2, 0) is 13.1 Å². The summed E-state index contributed by atoms with van der Waals surface area (Å²) in [6.45, 7) is 1.11. The number of aromatic carboxylic acids is 1. The molecule has 5 heteroatoms. The maximum absolute atomic E-state index is 13.1. The topological polar surface area (TPSA) is 40.5 Å². The second-order valence-electron chi connectivity index (χ2n) is 4.38. The van der Waals surface area contributed by atoms with Crippen LogP contribution in [0.25, 0.3) is 0 Å². The van der Waals surface area contributed by atoms with Crippen LogP contribution in [0.2, 0.25) is 0 Å². The van der Waals surface area contributed by atoms with Gasteiger partial charge in [-0.2, -0.15) is 0 Å². The number of rotatable bonds is 5. The Kier molecular flexibility index (Phi) is 4.29. The highest BCUT2D eigenvalue weighted by Gasteiger charge is 2.13. The van der Waals surface area contributed by atoms with Gasteiger partial charge in [-0.05, 0) is 41.8 Å². The zero-order valence-corrected chi connectivity index (χ0v) is 11.3. The van der Waals surface area contributed by atoms with Gasteiger partial charge in [-0.15, -0.1) is 11.3 Å². The molecular formula is C14H14FNO2S. The van der Waals surface area contributed by atoms with Crippen molar-refractivity contribution in [2.75, 3.05) is 7.05 Å². The van der Waals surface area contributed by atoms with Crippen molar-refractivity contribution < 1.29 is 14.3 Å². The minimum Gasteiger partial charge on any atom is -0.477 e. The van der Waals surface area contributed by atoms with Gasteiger partial charge in [-0.3, -0.25) is 4.90 Å². The Morgan fingerprint density at radius 2 is 2.16 bits per heavy atom. The maximum atomic E-state index is 13.1. The number of benzene rings is 1. The second kappa shape index (κ2) is 5.95. The van der Waals surface area contributed by atoms with E-state index in [1.165, 1.54) is 23.5 Å². The number of carboxylic acid groups (broad SMARTS) is 1. The first-order valence-corrected chi connectivity index (χ1v) is 6.67. The van der Waals surface area contributed by atoms with Crippen molar-refractivity contribution in [3.05, 3.63) is 57.5 Å². The Hall–Kier alpha value is -1.72. The highest BCUT2D eigenvalue weighted by molar-refractivity contribution is 7.12. The minimum atomic E-state index is -0.899. The first-order chi connectivity index (χ1) is 9.06. The van der Waals surface area contributed by atoms with Crippen LogP contribution in [0.5, 0.6) is 0 Å². The third-order valence-corrected chi connectivity index (χ3v) is 3.67. The number of nitrogens with zero attached hydrogens (tertiary/aromatic N) is 1. The normalized spacial score (nSPS) is 10.9. The van der Waals surface area contributed by atoms with Crippen molar-refractivity contribution in [3.63, 3.8) is 0 Å². The third kappa shape index (κ3) is 3.62. The van der Waals surface area contributed by atoms with Crippen LogP contribution in [-0.4, -0.2) is 23.0 Å². The van der Waals surface area contributed by atoms with Crippen molar-refractivity contribution in [2.45, 2.75) is 13.1 Å². The maximum Gasteiger partial charge on any atom is 0.346 e. The molecule has 19 heavy (non-hydrogen) atoms. The van der Waals surface area contributed by atoms with E-state index in [2.05, 4.69) is 0 Å². The number of halogens is 1. The molecule has 0 aliphatic heterocycles. The Labute approximate surface area is 114 Å². The number of carboxylic acids is 1. The molecular weight excluding hydrogens is 265 g/mol. The lowest BCUT2D eigenvalue weighted by atomic mass is 10.2. The van der Waals surface area contributed by atoms with Crippen molar-refractivity contribution in [1.82, 2.24) is 4.90 Å². The fourth-order valence-corrected chi connectivity index (χ4v) is 2.69. The number of thiophene rings is 1. The van der Waals surface area contributed by atoms with E-state index in [0.29, 0.717) is 18.0 Å². The van der Waals surface area contributed by atoms with E-state index < -0.39 is 5.97 Å². The highest BCUT2D eigenvalue weighted by Crippen LogP contribution is 2.19. The Bertz CT molecular complexity index is 582. The summed E-state index contributed by atoms with van der Waals surface area (Å²) in [5, 5.41) is 10.8. The molecule has 1 aromatic heterocycles. The zero-order valence-electron chi connectivity index (χ0n) is 10.5. The molecule has 0 spiro atoms. The first kappa shape index (κ1) is 13.7. The summed E-state index contributed by atoms with van der Waals surface area (Å²) in [6.07, 6.45) is 0. The van der Waals surface area contributed by atoms with Crippen LogP contribution in [0.4, 0.5) is 4.39 Å². The number of carbonyl (C=O) groups is 1. The molecule has 2 rings (SSSR count). The lowest BCUT2D eigenvalue weighted by Gasteiger charge is -2.16. The standard InChI is InChI=1S/C14H14FNO2S/c1-16(8-10-3-2-4-12(15)7-10)9-11-5-6-19-13(11)14(17)18/h2-7H,8-9H2,1H3,(H,17,18). The molecule has 0 amide bonds. The molecule has 0 aliphatic carbocycles. The summed E-state index contributed by atoms with van der Waals surface area (Å²) in [4.78, 5) is 13.3. The number of hydrogen-bond acceptors (Lipinski definition) is 3. The van der Waals surface area contributed by atoms with Crippen LogP contribution in [0, 0.1) is 5.82 Å². The summed E-state index contributed by atoms with van der Waals surface area (Å²) in [5.41, 5.74) is 1.66. The van der Waals surface area contributed by atoms with Gasteiger partial charge in [0.25, 0.3) is 0 Å². The molecule has 0 saturated heterocycles. The van der Waals surface area contributed by atoms with Gasteiger partial charge in [0.1, 0.15) is 10.7 Å². The van der Waals surface area contributed by atoms with Crippen LogP contribution in [0.15, 0.2) is 35.7 Å². The number of hydrogen-bond donors (Lipinski definition) is 1. The quantitative estimate of drug-likeness (QED) is 0.913. The van der Waals surface area contributed by atoms with Crippen LogP contribution >= 0.6 is 11.3 Å². The van der Waals surface area contributed by atoms with Crippen LogP contribution in [0.3, 0.4) is 0 Å². The molecule has 3 nitrogen and oxygen atoms in total. The molecule has 0 radical (unpaired) electrons. The molecule has 0 atom stereocenters. The first-order valence-electron chi connectivity index (χ1n) is 5.79. The average Bonchev–Trinajstić information content (AvgIpc) is 2.76. The molecule has 0 saturated carbocycles. The van der Waals surface area contributed by atoms with Gasteiger partial charge in [0.05, 0.1) is 0 Å². The van der Waals surface area contributed by atoms with Crippen molar-refractivity contribution in [2.24, 2.45) is 0 Å². The molecule has 2 aromatic rings. The summed E-state index contributed by atoms with van der Waals surface area (Å²) in [5.74, 6) is -1.16. The minimum absolute atomic E-state index is 0.257. The summed E-state index contributed by atoms with van der Waals surface area (Å²) in [6, 6.07) is 8.24. The van der Waals surface area contributed by atoms with Crippen LogP contribution < -0.4 is 0 Å². The van der Waals surface area contributed by atoms with E-state index >= 15 is 0 Å². The monoisotopic (exact) mass is 279 g/mol. The molecule has 0 aliphatic rings. The smallest absolute Gasteiger partial charge is 0.346 e. The molecule has 0 bridgehead atoms. The molecule has 1 heterocycles. The average molecular weight is 279 g/mol. The van der Waals surface area contributed by atoms with Crippen molar-refractivity contribution in [3.8, 4) is 0 Å². The third-order valence-electron chi connectivity index (χ3n) is 2.72. The van der Waals surface area contributed by atoms with Gasteiger partial charge in [-0.1, -0.05) is 12.1 Å². The Morgan fingerprint density at radius 3 is 2.84 bits per heavy atom. The summed E-state index contributed by atoms with van der Waals surface area (Å²) >= 11 is 1.22. The summed E-state index contributed by atoms with van der Waals surface area (Å²) in [7, 11) is 1.88. The highest BCUT2D eigenvalue weighted by atomic mass is 32.1. The molecule has 1 aromatic carbocycles. The van der Waals surface area contributed by atoms with E-state index in [4.69, 9.17) is 5.11 Å². The Balaban J connectivity index is 2.03. The lowest BCUT2D eigenvalue weighted by molar-refractivity contribution is 0.0700. The van der Waals surface area contributed by atoms with Gasteiger partial charge < -0.3 is 5.11 Å². The van der Waals surface area contributed by atoms with Gasteiger partial charge in [0.15, 0.2) is 0 Å². The predicted octanol–water partition coefficient (Wildman–Crippen LogP) is 3.22. The zero-order chi connectivity index (χ0) is 13.8. The molecule has 1 N–H and O–H groups in total. The molecule has 0 unspecified atom stereocenters. The second-order valence-corrected chi connectivity index (χ2v) is 5.30. The van der Waals surface area contributed by atoms with Crippen molar-refractivity contribution in [1.29, 1.82) is 0 Å². The van der Waals surface area contributed by atoms with Gasteiger partial charge in [0.2, 0.25) is 0 Å². The SMILES string of the molecule is CN(Cc1cccc(F)c1)Cc1ccsc1C(=O)O. The van der Waals surface area contributed by atoms with E-state index in [1.807, 2.05) is 24.1 Å². The molecule has 0 fully saturated rings.